The Hall–Kier alpha value is -1.25. The SMILES string of the molecule is c1ccc(SNC2CCc3ccccc32)cc1. The smallest absolute Gasteiger partial charge is 0.0430 e. The van der Waals surface area contributed by atoms with E-state index in [1.807, 2.05) is 0 Å². The number of hydrogen-bond acceptors (Lipinski definition) is 2. The number of nitrogens with one attached hydrogen (secondary N) is 1. The van der Waals surface area contributed by atoms with Gasteiger partial charge in [-0.1, -0.05) is 42.5 Å². The van der Waals surface area contributed by atoms with Gasteiger partial charge in [-0.3, -0.25) is 4.72 Å². The molecule has 1 unspecified atom stereocenters. The number of aryl methyl sites for hydroxylation is 1. The maximum Gasteiger partial charge on any atom is 0.0430 e. The molecule has 0 aliphatic heterocycles. The standard InChI is InChI=1S/C15H15NS/c1-2-7-13(8-3-1)17-16-15-11-10-12-6-4-5-9-14(12)15/h1-9,15-16H,10-11H2. The van der Waals surface area contributed by atoms with E-state index in [-0.39, 0.29) is 0 Å². The third-order valence-corrected chi connectivity index (χ3v) is 4.11. The van der Waals surface area contributed by atoms with Crippen molar-refractivity contribution in [3.05, 3.63) is 65.7 Å². The van der Waals surface area contributed by atoms with Crippen LogP contribution in [0.5, 0.6) is 0 Å². The zero-order valence-corrected chi connectivity index (χ0v) is 10.4. The van der Waals surface area contributed by atoms with Crippen molar-refractivity contribution in [2.24, 2.45) is 0 Å². The minimum Gasteiger partial charge on any atom is -0.252 e. The summed E-state index contributed by atoms with van der Waals surface area (Å²) in [4.78, 5) is 1.27. The summed E-state index contributed by atoms with van der Waals surface area (Å²) >= 11 is 1.73. The third-order valence-electron chi connectivity index (χ3n) is 3.20. The first-order chi connectivity index (χ1) is 8.43. The van der Waals surface area contributed by atoms with Gasteiger partial charge in [0.15, 0.2) is 0 Å². The lowest BCUT2D eigenvalue weighted by molar-refractivity contribution is 0.667. The number of benzene rings is 2. The lowest BCUT2D eigenvalue weighted by Crippen LogP contribution is -2.10. The highest BCUT2D eigenvalue weighted by molar-refractivity contribution is 7.97. The van der Waals surface area contributed by atoms with Gasteiger partial charge in [-0.05, 0) is 48.0 Å². The molecule has 1 atom stereocenters. The van der Waals surface area contributed by atoms with Crippen molar-refractivity contribution in [1.82, 2.24) is 4.72 Å². The van der Waals surface area contributed by atoms with Gasteiger partial charge in [-0.2, -0.15) is 0 Å². The van der Waals surface area contributed by atoms with Gasteiger partial charge in [0.05, 0.1) is 0 Å². The molecule has 1 aliphatic rings. The molecule has 0 saturated heterocycles. The Balaban J connectivity index is 1.68. The Bertz CT molecular complexity index is 495. The highest BCUT2D eigenvalue weighted by atomic mass is 32.2. The average Bonchev–Trinajstić information content (AvgIpc) is 2.81. The highest BCUT2D eigenvalue weighted by Crippen LogP contribution is 2.33. The molecule has 0 fully saturated rings. The van der Waals surface area contributed by atoms with Crippen LogP contribution in [0.4, 0.5) is 0 Å². The van der Waals surface area contributed by atoms with Crippen LogP contribution < -0.4 is 4.72 Å². The molecule has 0 saturated carbocycles. The molecule has 2 aromatic rings. The van der Waals surface area contributed by atoms with Gasteiger partial charge in [0, 0.05) is 10.9 Å². The van der Waals surface area contributed by atoms with Crippen molar-refractivity contribution < 1.29 is 0 Å². The molecule has 2 heteroatoms. The molecule has 1 N–H and O–H groups in total. The first kappa shape index (κ1) is 10.9. The Morgan fingerprint density at radius 3 is 2.59 bits per heavy atom. The molecule has 0 spiro atoms. The summed E-state index contributed by atoms with van der Waals surface area (Å²) in [5.74, 6) is 0. The fourth-order valence-electron chi connectivity index (χ4n) is 2.31. The summed E-state index contributed by atoms with van der Waals surface area (Å²) < 4.78 is 3.57. The van der Waals surface area contributed by atoms with Crippen LogP contribution in [0.3, 0.4) is 0 Å². The van der Waals surface area contributed by atoms with E-state index in [0.717, 1.165) is 0 Å². The Labute approximate surface area is 106 Å². The van der Waals surface area contributed by atoms with Crippen LogP contribution >= 0.6 is 11.9 Å². The molecule has 0 bridgehead atoms. The number of rotatable bonds is 3. The quantitative estimate of drug-likeness (QED) is 0.816. The zero-order valence-electron chi connectivity index (χ0n) is 9.60. The first-order valence-electron chi connectivity index (χ1n) is 5.99. The molecule has 2 aromatic carbocycles. The van der Waals surface area contributed by atoms with Crippen LogP contribution in [-0.2, 0) is 6.42 Å². The minimum atomic E-state index is 0.497. The van der Waals surface area contributed by atoms with Crippen LogP contribution in [0.15, 0.2) is 59.5 Å². The van der Waals surface area contributed by atoms with E-state index in [1.165, 1.54) is 28.9 Å². The van der Waals surface area contributed by atoms with Gasteiger partial charge in [-0.15, -0.1) is 0 Å². The Morgan fingerprint density at radius 1 is 0.941 bits per heavy atom. The van der Waals surface area contributed by atoms with Crippen molar-refractivity contribution >= 4 is 11.9 Å². The lowest BCUT2D eigenvalue weighted by Gasteiger charge is -2.12. The third kappa shape index (κ3) is 2.38. The molecule has 86 valence electrons. The predicted molar refractivity (Wildman–Crippen MR) is 72.9 cm³/mol. The van der Waals surface area contributed by atoms with Crippen molar-refractivity contribution in [2.45, 2.75) is 23.8 Å². The van der Waals surface area contributed by atoms with Crippen LogP contribution in [0.1, 0.15) is 23.6 Å². The summed E-state index contributed by atoms with van der Waals surface area (Å²) in [5, 5.41) is 0. The number of fused-ring (bicyclic) bond motifs is 1. The van der Waals surface area contributed by atoms with E-state index >= 15 is 0 Å². The summed E-state index contributed by atoms with van der Waals surface area (Å²) in [5.41, 5.74) is 2.97. The molecule has 0 heterocycles. The van der Waals surface area contributed by atoms with E-state index in [2.05, 4.69) is 59.3 Å². The lowest BCUT2D eigenvalue weighted by atomic mass is 10.1. The summed E-state index contributed by atoms with van der Waals surface area (Å²) in [6.45, 7) is 0. The Kier molecular flexibility index (Phi) is 3.16. The second-order valence-electron chi connectivity index (χ2n) is 4.32. The van der Waals surface area contributed by atoms with E-state index < -0.39 is 0 Å². The molecule has 17 heavy (non-hydrogen) atoms. The van der Waals surface area contributed by atoms with Crippen LogP contribution in [0.2, 0.25) is 0 Å². The molecular weight excluding hydrogens is 226 g/mol. The van der Waals surface area contributed by atoms with E-state index in [4.69, 9.17) is 0 Å². The van der Waals surface area contributed by atoms with Gasteiger partial charge in [-0.25, -0.2) is 0 Å². The minimum absolute atomic E-state index is 0.497. The molecule has 3 rings (SSSR count). The highest BCUT2D eigenvalue weighted by Gasteiger charge is 2.21. The summed E-state index contributed by atoms with van der Waals surface area (Å²) in [6.07, 6.45) is 2.41. The van der Waals surface area contributed by atoms with Crippen molar-refractivity contribution in [2.75, 3.05) is 0 Å². The van der Waals surface area contributed by atoms with Gasteiger partial charge in [0.1, 0.15) is 0 Å². The maximum absolute atomic E-state index is 3.57. The monoisotopic (exact) mass is 241 g/mol. The zero-order chi connectivity index (χ0) is 11.5. The molecule has 1 nitrogen and oxygen atoms in total. The van der Waals surface area contributed by atoms with Gasteiger partial charge in [0.2, 0.25) is 0 Å². The molecule has 0 radical (unpaired) electrons. The van der Waals surface area contributed by atoms with Crippen molar-refractivity contribution in [1.29, 1.82) is 0 Å². The van der Waals surface area contributed by atoms with E-state index in [0.29, 0.717) is 6.04 Å². The predicted octanol–water partition coefficient (Wildman–Crippen LogP) is 3.97. The number of hydrogen-bond donors (Lipinski definition) is 1. The molecule has 0 amide bonds. The molecule has 1 aliphatic carbocycles. The van der Waals surface area contributed by atoms with Gasteiger partial charge in [0.25, 0.3) is 0 Å². The van der Waals surface area contributed by atoms with Crippen LogP contribution in [0.25, 0.3) is 0 Å². The van der Waals surface area contributed by atoms with Gasteiger partial charge >= 0.3 is 0 Å². The van der Waals surface area contributed by atoms with Crippen molar-refractivity contribution in [3.8, 4) is 0 Å². The fourth-order valence-corrected chi connectivity index (χ4v) is 3.12. The molecular formula is C15H15NS. The van der Waals surface area contributed by atoms with Crippen LogP contribution in [-0.4, -0.2) is 0 Å². The second-order valence-corrected chi connectivity index (χ2v) is 5.23. The van der Waals surface area contributed by atoms with E-state index in [1.54, 1.807) is 11.9 Å². The van der Waals surface area contributed by atoms with Crippen LogP contribution in [0, 0.1) is 0 Å². The first-order valence-corrected chi connectivity index (χ1v) is 6.80. The average molecular weight is 241 g/mol. The summed E-state index contributed by atoms with van der Waals surface area (Å²) in [7, 11) is 0. The summed E-state index contributed by atoms with van der Waals surface area (Å²) in [6, 6.07) is 19.7. The second kappa shape index (κ2) is 4.94. The van der Waals surface area contributed by atoms with E-state index in [9.17, 15) is 0 Å². The van der Waals surface area contributed by atoms with Crippen molar-refractivity contribution in [3.63, 3.8) is 0 Å². The fraction of sp³-hybridized carbons (Fsp3) is 0.200. The van der Waals surface area contributed by atoms with Gasteiger partial charge < -0.3 is 0 Å². The largest absolute Gasteiger partial charge is 0.252 e. The molecule has 0 aromatic heterocycles. The topological polar surface area (TPSA) is 12.0 Å². The normalized spacial score (nSPS) is 18.0. The Morgan fingerprint density at radius 2 is 1.71 bits per heavy atom. The maximum atomic E-state index is 3.57.